The van der Waals surface area contributed by atoms with E-state index in [1.54, 1.807) is 24.7 Å². The SMILES string of the molecule is CCC(C)(CC1(C)C#CC=CC(OC#N)=C1)/C1=C/C(OC#N)=C\C(C)(C)/C=C\C1. The lowest BCUT2D eigenvalue weighted by atomic mass is 9.66. The Hall–Kier alpha value is -3.16. The first-order chi connectivity index (χ1) is 13.7. The van der Waals surface area contributed by atoms with Gasteiger partial charge in [-0.15, -0.1) is 10.5 Å². The molecule has 0 aromatic carbocycles. The summed E-state index contributed by atoms with van der Waals surface area (Å²) in [5.41, 5.74) is 0.343. The Morgan fingerprint density at radius 2 is 1.83 bits per heavy atom. The zero-order valence-corrected chi connectivity index (χ0v) is 17.9. The number of nitrogens with zero attached hydrogens (tertiary/aromatic N) is 2. The number of rotatable bonds is 6. The minimum atomic E-state index is -0.466. The second-order valence-electron chi connectivity index (χ2n) is 8.69. The summed E-state index contributed by atoms with van der Waals surface area (Å²) in [6.45, 7) is 10.6. The summed E-state index contributed by atoms with van der Waals surface area (Å²) in [4.78, 5) is 0. The lowest BCUT2D eigenvalue weighted by molar-refractivity contribution is 0.266. The van der Waals surface area contributed by atoms with Crippen LogP contribution in [0.4, 0.5) is 0 Å². The highest BCUT2D eigenvalue weighted by atomic mass is 16.5. The van der Waals surface area contributed by atoms with Crippen molar-refractivity contribution in [3.63, 3.8) is 0 Å². The van der Waals surface area contributed by atoms with E-state index >= 15 is 0 Å². The van der Waals surface area contributed by atoms with Gasteiger partial charge in [0.05, 0.1) is 5.41 Å². The fourth-order valence-electron chi connectivity index (χ4n) is 3.93. The van der Waals surface area contributed by atoms with Crippen molar-refractivity contribution >= 4 is 0 Å². The molecular weight excluding hydrogens is 360 g/mol. The monoisotopic (exact) mass is 388 g/mol. The topological polar surface area (TPSA) is 66.0 Å². The van der Waals surface area contributed by atoms with Gasteiger partial charge in [0.25, 0.3) is 12.5 Å². The van der Waals surface area contributed by atoms with Crippen molar-refractivity contribution in [3.05, 3.63) is 59.6 Å². The minimum Gasteiger partial charge on any atom is -0.388 e. The van der Waals surface area contributed by atoms with E-state index in [2.05, 4.69) is 58.6 Å². The molecule has 0 saturated carbocycles. The van der Waals surface area contributed by atoms with Gasteiger partial charge < -0.3 is 9.47 Å². The molecule has 0 spiro atoms. The second kappa shape index (κ2) is 8.89. The lowest BCUT2D eigenvalue weighted by Crippen LogP contribution is -2.28. The summed E-state index contributed by atoms with van der Waals surface area (Å²) in [5, 5.41) is 18.0. The molecule has 2 atom stereocenters. The van der Waals surface area contributed by atoms with Crippen molar-refractivity contribution in [2.75, 3.05) is 0 Å². The summed E-state index contributed by atoms with van der Waals surface area (Å²) in [5.74, 6) is 7.42. The molecule has 150 valence electrons. The smallest absolute Gasteiger partial charge is 0.292 e. The van der Waals surface area contributed by atoms with E-state index in [0.29, 0.717) is 11.5 Å². The quantitative estimate of drug-likeness (QED) is 0.316. The molecule has 2 aliphatic rings. The molecule has 0 N–H and O–H groups in total. The third-order valence-corrected chi connectivity index (χ3v) is 5.51. The maximum Gasteiger partial charge on any atom is 0.292 e. The van der Waals surface area contributed by atoms with Crippen molar-refractivity contribution in [3.8, 4) is 24.4 Å². The number of nitriles is 2. The molecule has 0 fully saturated rings. The first-order valence-corrected chi connectivity index (χ1v) is 9.81. The van der Waals surface area contributed by atoms with Crippen LogP contribution in [0, 0.1) is 51.1 Å². The van der Waals surface area contributed by atoms with Crippen molar-refractivity contribution in [2.24, 2.45) is 16.2 Å². The highest BCUT2D eigenvalue weighted by Gasteiger charge is 2.36. The second-order valence-corrected chi connectivity index (χ2v) is 8.69. The van der Waals surface area contributed by atoms with Gasteiger partial charge in [-0.1, -0.05) is 57.3 Å². The summed E-state index contributed by atoms with van der Waals surface area (Å²) < 4.78 is 10.3. The van der Waals surface area contributed by atoms with Gasteiger partial charge >= 0.3 is 0 Å². The number of hydrogen-bond acceptors (Lipinski definition) is 4. The molecule has 0 bridgehead atoms. The molecule has 0 radical (unpaired) electrons. The van der Waals surface area contributed by atoms with Crippen molar-refractivity contribution in [1.82, 2.24) is 0 Å². The lowest BCUT2D eigenvalue weighted by Gasteiger charge is -2.37. The van der Waals surface area contributed by atoms with Crippen LogP contribution in [0.3, 0.4) is 0 Å². The van der Waals surface area contributed by atoms with Crippen LogP contribution in [0.1, 0.15) is 53.9 Å². The van der Waals surface area contributed by atoms with Crippen LogP contribution >= 0.6 is 0 Å². The highest BCUT2D eigenvalue weighted by Crippen LogP contribution is 2.46. The molecule has 4 nitrogen and oxygen atoms in total. The average Bonchev–Trinajstić information content (AvgIpc) is 2.80. The molecule has 2 unspecified atom stereocenters. The van der Waals surface area contributed by atoms with Gasteiger partial charge in [-0.2, -0.15) is 0 Å². The van der Waals surface area contributed by atoms with Crippen LogP contribution < -0.4 is 0 Å². The summed E-state index contributed by atoms with van der Waals surface area (Å²) >= 11 is 0. The van der Waals surface area contributed by atoms with Gasteiger partial charge in [0.1, 0.15) is 11.5 Å². The molecule has 0 aliphatic heterocycles. The van der Waals surface area contributed by atoms with Crippen LogP contribution in [0.2, 0.25) is 0 Å². The third-order valence-electron chi connectivity index (χ3n) is 5.51. The van der Waals surface area contributed by atoms with E-state index < -0.39 is 5.41 Å². The Bertz CT molecular complexity index is 938. The Morgan fingerprint density at radius 3 is 2.48 bits per heavy atom. The number of ether oxygens (including phenoxy) is 2. The standard InChI is InChI=1S/C25H28N2O2/c1-6-25(5,17-24(4)13-8-7-11-21(16-24)28-18-26)20-10-9-12-23(2,3)15-22(14-20)29-19-27/h7,9,11-12,14-16H,6,10,17H2,1-5H3/b12-9-,20-14+,22-15+. The van der Waals surface area contributed by atoms with Gasteiger partial charge in [-0.25, -0.2) is 0 Å². The van der Waals surface area contributed by atoms with E-state index in [4.69, 9.17) is 20.0 Å². The Balaban J connectivity index is 2.46. The molecule has 0 aromatic rings. The third kappa shape index (κ3) is 5.91. The predicted molar refractivity (Wildman–Crippen MR) is 113 cm³/mol. The summed E-state index contributed by atoms with van der Waals surface area (Å²) in [6, 6.07) is 0. The minimum absolute atomic E-state index is 0.187. The zero-order valence-electron chi connectivity index (χ0n) is 17.9. The van der Waals surface area contributed by atoms with Crippen LogP contribution in [-0.2, 0) is 9.47 Å². The fraction of sp³-hybridized carbons (Fsp3) is 0.440. The summed E-state index contributed by atoms with van der Waals surface area (Å²) in [7, 11) is 0. The highest BCUT2D eigenvalue weighted by molar-refractivity contribution is 5.37. The van der Waals surface area contributed by atoms with E-state index in [1.807, 2.05) is 18.2 Å². The van der Waals surface area contributed by atoms with Gasteiger partial charge in [0.2, 0.25) is 0 Å². The maximum atomic E-state index is 9.08. The fourth-order valence-corrected chi connectivity index (χ4v) is 3.93. The normalized spacial score (nSPS) is 29.1. The zero-order chi connectivity index (χ0) is 21.5. The average molecular weight is 389 g/mol. The molecule has 0 amide bonds. The van der Waals surface area contributed by atoms with Crippen LogP contribution in [0.15, 0.2) is 59.6 Å². The van der Waals surface area contributed by atoms with Gasteiger partial charge in [-0.05, 0) is 62.0 Å². The number of hydrogen-bond donors (Lipinski definition) is 0. The van der Waals surface area contributed by atoms with Crippen LogP contribution in [0.25, 0.3) is 0 Å². The molecule has 4 heteroatoms. The maximum absolute atomic E-state index is 9.08. The number of allylic oxidation sites excluding steroid dienone is 8. The molecule has 0 heterocycles. The largest absolute Gasteiger partial charge is 0.388 e. The Morgan fingerprint density at radius 1 is 1.14 bits per heavy atom. The van der Waals surface area contributed by atoms with E-state index in [-0.39, 0.29) is 10.8 Å². The molecule has 0 saturated heterocycles. The molecule has 2 aliphatic carbocycles. The Labute approximate surface area is 174 Å². The van der Waals surface area contributed by atoms with E-state index in [0.717, 1.165) is 19.3 Å². The van der Waals surface area contributed by atoms with E-state index in [9.17, 15) is 0 Å². The first kappa shape index (κ1) is 22.1. The van der Waals surface area contributed by atoms with Gasteiger partial charge in [0.15, 0.2) is 0 Å². The molecule has 29 heavy (non-hydrogen) atoms. The van der Waals surface area contributed by atoms with Crippen molar-refractivity contribution in [1.29, 1.82) is 10.5 Å². The molecular formula is C25H28N2O2. The van der Waals surface area contributed by atoms with Crippen LogP contribution in [0.5, 0.6) is 0 Å². The van der Waals surface area contributed by atoms with Crippen molar-refractivity contribution in [2.45, 2.75) is 53.9 Å². The Kier molecular flexibility index (Phi) is 6.79. The predicted octanol–water partition coefficient (Wildman–Crippen LogP) is 6.05. The van der Waals surface area contributed by atoms with Crippen molar-refractivity contribution < 1.29 is 9.47 Å². The van der Waals surface area contributed by atoms with Gasteiger partial charge in [-0.3, -0.25) is 0 Å². The van der Waals surface area contributed by atoms with Crippen LogP contribution in [-0.4, -0.2) is 0 Å². The summed E-state index contributed by atoms with van der Waals surface area (Å²) in [6.07, 6.45) is 19.6. The first-order valence-electron chi connectivity index (χ1n) is 9.81. The van der Waals surface area contributed by atoms with E-state index in [1.165, 1.54) is 5.57 Å². The molecule has 0 aromatic heterocycles. The van der Waals surface area contributed by atoms with Gasteiger partial charge in [0, 0.05) is 5.41 Å². The molecule has 2 rings (SSSR count).